The number of hydrogen-bond donors (Lipinski definition) is 1. The molecule has 1 aromatic carbocycles. The summed E-state index contributed by atoms with van der Waals surface area (Å²) in [4.78, 5) is 26.2. The van der Waals surface area contributed by atoms with E-state index in [0.29, 0.717) is 48.1 Å². The Labute approximate surface area is 215 Å². The molecule has 3 aromatic heterocycles. The van der Waals surface area contributed by atoms with Crippen LogP contribution < -0.4 is 9.64 Å². The third-order valence-electron chi connectivity index (χ3n) is 6.27. The van der Waals surface area contributed by atoms with Crippen LogP contribution in [0.3, 0.4) is 0 Å². The van der Waals surface area contributed by atoms with Crippen molar-refractivity contribution in [2.45, 2.75) is 32.1 Å². The maximum atomic E-state index is 13.4. The number of likely N-dealkylation sites (tertiary alicyclic amines) is 1. The number of rotatable bonds is 8. The van der Waals surface area contributed by atoms with Gasteiger partial charge in [-0.05, 0) is 38.1 Å². The summed E-state index contributed by atoms with van der Waals surface area (Å²) in [5.74, 6) is 0.879. The molecular formula is C27H30N6O4. The van der Waals surface area contributed by atoms with Crippen molar-refractivity contribution in [3.8, 4) is 5.75 Å². The van der Waals surface area contributed by atoms with Crippen LogP contribution in [0, 0.1) is 0 Å². The minimum absolute atomic E-state index is 0.0468. The first-order valence-corrected chi connectivity index (χ1v) is 12.0. The van der Waals surface area contributed by atoms with Crippen LogP contribution >= 0.6 is 0 Å². The van der Waals surface area contributed by atoms with E-state index in [2.05, 4.69) is 10.1 Å². The van der Waals surface area contributed by atoms with Crippen molar-refractivity contribution in [3.63, 3.8) is 0 Å². The highest BCUT2D eigenvalue weighted by molar-refractivity contribution is 6.00. The second kappa shape index (κ2) is 9.79. The molecule has 0 spiro atoms. The van der Waals surface area contributed by atoms with Crippen molar-refractivity contribution < 1.29 is 19.4 Å². The molecule has 192 valence electrons. The minimum Gasteiger partial charge on any atom is -0.494 e. The number of nitrogens with zero attached hydrogens (tertiary/aromatic N) is 6. The summed E-state index contributed by atoms with van der Waals surface area (Å²) >= 11 is 0. The van der Waals surface area contributed by atoms with Crippen molar-refractivity contribution in [2.24, 2.45) is 0 Å². The van der Waals surface area contributed by atoms with Gasteiger partial charge in [0.15, 0.2) is 5.75 Å². The van der Waals surface area contributed by atoms with Crippen molar-refractivity contribution in [1.29, 1.82) is 0 Å². The molecule has 1 fully saturated rings. The molecule has 0 aliphatic carbocycles. The van der Waals surface area contributed by atoms with E-state index >= 15 is 0 Å². The Morgan fingerprint density at radius 1 is 1.16 bits per heavy atom. The van der Waals surface area contributed by atoms with Crippen LogP contribution in [0.2, 0.25) is 0 Å². The van der Waals surface area contributed by atoms with Crippen LogP contribution in [-0.2, 0) is 11.3 Å². The van der Waals surface area contributed by atoms with Crippen LogP contribution in [0.25, 0.3) is 10.9 Å². The standard InChI is InChI=1S/C27H30N6O4/c1-27(2,35)17-32-14-19(13-30-32)33(24-11-22-18(12-29-24)7-6-10-28-22)23-9-5-8-21(25(23)37-4)26(34)31-15-20(16-31)36-3/h5-14,20,35H,15-17H2,1-4H3. The summed E-state index contributed by atoms with van der Waals surface area (Å²) in [6.45, 7) is 4.83. The Balaban J connectivity index is 1.62. The number of aliphatic hydroxyl groups is 1. The van der Waals surface area contributed by atoms with Gasteiger partial charge in [0.05, 0.1) is 54.0 Å². The van der Waals surface area contributed by atoms with Gasteiger partial charge in [-0.2, -0.15) is 5.10 Å². The monoisotopic (exact) mass is 502 g/mol. The quantitative estimate of drug-likeness (QED) is 0.390. The second-order valence-electron chi connectivity index (χ2n) is 9.71. The summed E-state index contributed by atoms with van der Waals surface area (Å²) in [5.41, 5.74) is 1.60. The Morgan fingerprint density at radius 3 is 2.70 bits per heavy atom. The molecule has 10 nitrogen and oxygen atoms in total. The van der Waals surface area contributed by atoms with Gasteiger partial charge in [-0.25, -0.2) is 4.98 Å². The fourth-order valence-electron chi connectivity index (χ4n) is 4.43. The summed E-state index contributed by atoms with van der Waals surface area (Å²) < 4.78 is 12.8. The van der Waals surface area contributed by atoms with Crippen molar-refractivity contribution in [3.05, 3.63) is 66.7 Å². The molecular weight excluding hydrogens is 472 g/mol. The van der Waals surface area contributed by atoms with E-state index in [4.69, 9.17) is 14.5 Å². The van der Waals surface area contributed by atoms with E-state index < -0.39 is 5.60 Å². The number of anilines is 3. The third kappa shape index (κ3) is 4.98. The summed E-state index contributed by atoms with van der Waals surface area (Å²) in [7, 11) is 3.20. The van der Waals surface area contributed by atoms with Gasteiger partial charge in [0.1, 0.15) is 5.82 Å². The van der Waals surface area contributed by atoms with Gasteiger partial charge in [0.25, 0.3) is 5.91 Å². The molecule has 1 aliphatic rings. The van der Waals surface area contributed by atoms with Crippen molar-refractivity contribution >= 4 is 34.0 Å². The first-order valence-electron chi connectivity index (χ1n) is 12.0. The maximum Gasteiger partial charge on any atom is 0.257 e. The van der Waals surface area contributed by atoms with E-state index in [9.17, 15) is 9.90 Å². The lowest BCUT2D eigenvalue weighted by atomic mass is 10.1. The predicted molar refractivity (Wildman–Crippen MR) is 140 cm³/mol. The molecule has 0 bridgehead atoms. The van der Waals surface area contributed by atoms with Gasteiger partial charge in [0, 0.05) is 50.2 Å². The Hall–Kier alpha value is -4.02. The molecule has 1 N–H and O–H groups in total. The number of para-hydroxylation sites is 1. The largest absolute Gasteiger partial charge is 0.494 e. The zero-order valence-corrected chi connectivity index (χ0v) is 21.3. The molecule has 0 atom stereocenters. The molecule has 1 amide bonds. The number of aromatic nitrogens is 4. The summed E-state index contributed by atoms with van der Waals surface area (Å²) in [6.07, 6.45) is 7.07. The number of ether oxygens (including phenoxy) is 2. The Morgan fingerprint density at radius 2 is 1.97 bits per heavy atom. The first-order chi connectivity index (χ1) is 17.8. The zero-order chi connectivity index (χ0) is 26.2. The normalized spacial score (nSPS) is 14.0. The van der Waals surface area contributed by atoms with Crippen LogP contribution in [0.1, 0.15) is 24.2 Å². The number of methoxy groups -OCH3 is 2. The molecule has 0 radical (unpaired) electrons. The van der Waals surface area contributed by atoms with Crippen LogP contribution in [0.15, 0.2) is 61.2 Å². The zero-order valence-electron chi connectivity index (χ0n) is 21.3. The highest BCUT2D eigenvalue weighted by Crippen LogP contribution is 2.42. The molecule has 1 saturated heterocycles. The number of carbonyl (C=O) groups is 1. The average molecular weight is 503 g/mol. The summed E-state index contributed by atoms with van der Waals surface area (Å²) in [5, 5.41) is 15.7. The Kier molecular flexibility index (Phi) is 6.53. The number of hydrogen-bond acceptors (Lipinski definition) is 8. The van der Waals surface area contributed by atoms with E-state index in [-0.39, 0.29) is 12.0 Å². The third-order valence-corrected chi connectivity index (χ3v) is 6.27. The van der Waals surface area contributed by atoms with Gasteiger partial charge in [-0.1, -0.05) is 6.07 Å². The molecule has 37 heavy (non-hydrogen) atoms. The number of pyridine rings is 2. The van der Waals surface area contributed by atoms with E-state index in [1.165, 1.54) is 0 Å². The molecule has 10 heteroatoms. The highest BCUT2D eigenvalue weighted by Gasteiger charge is 2.34. The van der Waals surface area contributed by atoms with Crippen LogP contribution in [0.4, 0.5) is 17.2 Å². The number of fused-ring (bicyclic) bond motifs is 1. The SMILES string of the molecule is COc1c(C(=O)N2CC(OC)C2)cccc1N(c1cnn(CC(C)(C)O)c1)c1cc2ncccc2cn1. The lowest BCUT2D eigenvalue weighted by Gasteiger charge is -2.38. The highest BCUT2D eigenvalue weighted by atomic mass is 16.5. The summed E-state index contributed by atoms with van der Waals surface area (Å²) in [6, 6.07) is 11.2. The number of amides is 1. The van der Waals surface area contributed by atoms with Gasteiger partial charge < -0.3 is 19.5 Å². The molecule has 0 unspecified atom stereocenters. The van der Waals surface area contributed by atoms with Crippen LogP contribution in [0.5, 0.6) is 5.75 Å². The molecule has 0 saturated carbocycles. The first kappa shape index (κ1) is 24.7. The van der Waals surface area contributed by atoms with E-state index in [1.807, 2.05) is 41.4 Å². The van der Waals surface area contributed by atoms with Crippen molar-refractivity contribution in [2.75, 3.05) is 32.2 Å². The second-order valence-corrected chi connectivity index (χ2v) is 9.71. The molecule has 5 rings (SSSR count). The lowest BCUT2D eigenvalue weighted by Crippen LogP contribution is -2.54. The number of carbonyl (C=O) groups excluding carboxylic acids is 1. The molecule has 4 aromatic rings. The predicted octanol–water partition coefficient (Wildman–Crippen LogP) is 3.55. The smallest absolute Gasteiger partial charge is 0.257 e. The van der Waals surface area contributed by atoms with Gasteiger partial charge in [-0.15, -0.1) is 0 Å². The average Bonchev–Trinajstić information content (AvgIpc) is 3.29. The number of benzene rings is 1. The lowest BCUT2D eigenvalue weighted by molar-refractivity contribution is -0.0193. The maximum absolute atomic E-state index is 13.4. The van der Waals surface area contributed by atoms with Gasteiger partial charge >= 0.3 is 0 Å². The van der Waals surface area contributed by atoms with Crippen molar-refractivity contribution in [1.82, 2.24) is 24.6 Å². The molecule has 4 heterocycles. The topological polar surface area (TPSA) is 106 Å². The van der Waals surface area contributed by atoms with E-state index in [1.54, 1.807) is 62.3 Å². The molecule has 1 aliphatic heterocycles. The van der Waals surface area contributed by atoms with Gasteiger partial charge in [-0.3, -0.25) is 19.4 Å². The van der Waals surface area contributed by atoms with Gasteiger partial charge in [0.2, 0.25) is 0 Å². The van der Waals surface area contributed by atoms with Crippen LogP contribution in [-0.4, -0.2) is 74.7 Å². The fraction of sp³-hybridized carbons (Fsp3) is 0.333. The minimum atomic E-state index is -0.944. The van der Waals surface area contributed by atoms with E-state index in [0.717, 1.165) is 10.9 Å². The fourth-order valence-corrected chi connectivity index (χ4v) is 4.43. The Bertz CT molecular complexity index is 1420.